The van der Waals surface area contributed by atoms with Gasteiger partial charge in [-0.3, -0.25) is 4.79 Å². The number of carbonyl (C=O) groups is 2. The number of pyridine rings is 1. The van der Waals surface area contributed by atoms with Crippen molar-refractivity contribution in [1.29, 1.82) is 0 Å². The Morgan fingerprint density at radius 3 is 2.62 bits per heavy atom. The van der Waals surface area contributed by atoms with E-state index in [9.17, 15) is 14.7 Å². The van der Waals surface area contributed by atoms with Crippen LogP contribution in [0.25, 0.3) is 23.1 Å². The molecular formula is C32H30ClNO4S. The van der Waals surface area contributed by atoms with Crippen molar-refractivity contribution in [3.05, 3.63) is 112 Å². The van der Waals surface area contributed by atoms with Gasteiger partial charge in [0.2, 0.25) is 0 Å². The number of carboxylic acid groups (broad SMARTS) is 1. The molecule has 1 N–H and O–H groups in total. The van der Waals surface area contributed by atoms with Crippen LogP contribution in [-0.4, -0.2) is 34.9 Å². The van der Waals surface area contributed by atoms with Crippen LogP contribution >= 0.6 is 23.4 Å². The zero-order valence-electron chi connectivity index (χ0n) is 21.8. The molecule has 3 aromatic carbocycles. The number of aryl methyl sites for hydroxylation is 1. The van der Waals surface area contributed by atoms with Crippen molar-refractivity contribution in [3.8, 4) is 0 Å². The molecule has 2 atom stereocenters. The van der Waals surface area contributed by atoms with Gasteiger partial charge < -0.3 is 9.84 Å². The number of ether oxygens (including phenoxy) is 1. The maximum absolute atomic E-state index is 11.9. The van der Waals surface area contributed by atoms with Gasteiger partial charge in [-0.1, -0.05) is 73.1 Å². The van der Waals surface area contributed by atoms with E-state index in [-0.39, 0.29) is 11.2 Å². The Morgan fingerprint density at radius 1 is 1.03 bits per heavy atom. The molecular weight excluding hydrogens is 530 g/mol. The number of esters is 1. The van der Waals surface area contributed by atoms with Gasteiger partial charge in [-0.15, -0.1) is 0 Å². The van der Waals surface area contributed by atoms with Gasteiger partial charge in [0.05, 0.1) is 29.8 Å². The molecule has 7 heteroatoms. The number of aliphatic carboxylic acids is 1. The van der Waals surface area contributed by atoms with Gasteiger partial charge in [-0.2, -0.15) is 11.8 Å². The van der Waals surface area contributed by atoms with E-state index in [4.69, 9.17) is 21.3 Å². The molecule has 0 aliphatic carbocycles. The van der Waals surface area contributed by atoms with E-state index in [2.05, 4.69) is 12.1 Å². The molecule has 1 aromatic heterocycles. The number of carboxylic acids is 1. The van der Waals surface area contributed by atoms with Gasteiger partial charge in [-0.05, 0) is 65.9 Å². The number of hydrogen-bond donors (Lipinski definition) is 1. The van der Waals surface area contributed by atoms with Crippen LogP contribution in [0.4, 0.5) is 0 Å². The lowest BCUT2D eigenvalue weighted by Crippen LogP contribution is -2.13. The third kappa shape index (κ3) is 7.94. The number of thioether (sulfide) groups is 1. The summed E-state index contributed by atoms with van der Waals surface area (Å²) in [6.07, 6.45) is 5.55. The number of fused-ring (bicyclic) bond motifs is 1. The SMILES string of the molecule is COC(=O)c1cccc(CC[C@H](SC[C@@H](C)C(=O)O)c2cccc(/C=C/c3ccc4ccc(Cl)cc4n3)c2)c1. The number of halogens is 1. The number of nitrogens with zero attached hydrogens (tertiary/aromatic N) is 1. The Bertz CT molecular complexity index is 1500. The van der Waals surface area contributed by atoms with Crippen LogP contribution < -0.4 is 0 Å². The van der Waals surface area contributed by atoms with E-state index in [1.807, 2.05) is 72.8 Å². The summed E-state index contributed by atoms with van der Waals surface area (Å²) < 4.78 is 4.85. The number of aromatic nitrogens is 1. The third-order valence-electron chi connectivity index (χ3n) is 6.42. The molecule has 0 amide bonds. The molecule has 0 aliphatic heterocycles. The van der Waals surface area contributed by atoms with E-state index in [0.717, 1.165) is 46.1 Å². The van der Waals surface area contributed by atoms with Crippen LogP contribution in [0.15, 0.2) is 78.9 Å². The fourth-order valence-electron chi connectivity index (χ4n) is 4.19. The maximum Gasteiger partial charge on any atom is 0.337 e. The van der Waals surface area contributed by atoms with Gasteiger partial charge in [0.25, 0.3) is 0 Å². The Kier molecular flexibility index (Phi) is 9.79. The topological polar surface area (TPSA) is 76.5 Å². The quantitative estimate of drug-likeness (QED) is 0.188. The third-order valence-corrected chi connectivity index (χ3v) is 8.25. The zero-order valence-corrected chi connectivity index (χ0v) is 23.4. The minimum Gasteiger partial charge on any atom is -0.481 e. The molecule has 0 spiro atoms. The average molecular weight is 560 g/mol. The lowest BCUT2D eigenvalue weighted by Gasteiger charge is -2.19. The van der Waals surface area contributed by atoms with Gasteiger partial charge >= 0.3 is 11.9 Å². The van der Waals surface area contributed by atoms with E-state index in [1.54, 1.807) is 24.8 Å². The maximum atomic E-state index is 11.9. The average Bonchev–Trinajstić information content (AvgIpc) is 2.95. The highest BCUT2D eigenvalue weighted by Gasteiger charge is 2.18. The van der Waals surface area contributed by atoms with Crippen molar-refractivity contribution in [1.82, 2.24) is 4.98 Å². The monoisotopic (exact) mass is 559 g/mol. The van der Waals surface area contributed by atoms with Crippen LogP contribution in [0, 0.1) is 5.92 Å². The highest BCUT2D eigenvalue weighted by atomic mass is 35.5. The predicted octanol–water partition coefficient (Wildman–Crippen LogP) is 7.97. The molecule has 0 unspecified atom stereocenters. The molecule has 200 valence electrons. The Balaban J connectivity index is 1.53. The summed E-state index contributed by atoms with van der Waals surface area (Å²) in [4.78, 5) is 28.1. The molecule has 0 aliphatic rings. The van der Waals surface area contributed by atoms with E-state index in [0.29, 0.717) is 16.3 Å². The van der Waals surface area contributed by atoms with Crippen LogP contribution in [0.2, 0.25) is 5.02 Å². The normalized spacial score (nSPS) is 12.9. The van der Waals surface area contributed by atoms with Crippen molar-refractivity contribution in [2.75, 3.05) is 12.9 Å². The lowest BCUT2D eigenvalue weighted by molar-refractivity contribution is -0.140. The first-order chi connectivity index (χ1) is 18.8. The molecule has 1 heterocycles. The zero-order chi connectivity index (χ0) is 27.8. The second-order valence-corrected chi connectivity index (χ2v) is 11.0. The summed E-state index contributed by atoms with van der Waals surface area (Å²) in [5.41, 5.74) is 5.40. The largest absolute Gasteiger partial charge is 0.481 e. The van der Waals surface area contributed by atoms with Gasteiger partial charge in [0.1, 0.15) is 0 Å². The smallest absolute Gasteiger partial charge is 0.337 e. The number of methoxy groups -OCH3 is 1. The highest BCUT2D eigenvalue weighted by Crippen LogP contribution is 2.35. The summed E-state index contributed by atoms with van der Waals surface area (Å²) in [5, 5.41) is 11.2. The second-order valence-electron chi connectivity index (χ2n) is 9.37. The molecule has 39 heavy (non-hydrogen) atoms. The minimum absolute atomic E-state index is 0.0860. The van der Waals surface area contributed by atoms with Crippen molar-refractivity contribution in [3.63, 3.8) is 0 Å². The second kappa shape index (κ2) is 13.5. The molecule has 0 fully saturated rings. The van der Waals surface area contributed by atoms with Crippen LogP contribution in [-0.2, 0) is 16.0 Å². The Morgan fingerprint density at radius 2 is 1.82 bits per heavy atom. The number of carbonyl (C=O) groups excluding carboxylic acids is 1. The van der Waals surface area contributed by atoms with E-state index in [1.165, 1.54) is 7.11 Å². The van der Waals surface area contributed by atoms with Gasteiger partial charge in [-0.25, -0.2) is 9.78 Å². The van der Waals surface area contributed by atoms with Crippen molar-refractivity contribution in [2.45, 2.75) is 25.0 Å². The Labute approximate surface area is 237 Å². The standard InChI is InChI=1S/C32H30ClNO4S/c1-21(31(35)36)20-39-30(16-10-23-6-4-8-26(18-23)32(37)38-2)25-7-3-5-22(17-25)9-14-28-15-12-24-11-13-27(33)19-29(24)34-28/h3-9,11-15,17-19,21,30H,10,16,20H2,1-2H3,(H,35,36)/b14-9+/t21-,30+/m1/s1. The highest BCUT2D eigenvalue weighted by molar-refractivity contribution is 7.99. The predicted molar refractivity (Wildman–Crippen MR) is 160 cm³/mol. The summed E-state index contributed by atoms with van der Waals surface area (Å²) in [5.74, 6) is -1.10. The minimum atomic E-state index is -0.798. The fraction of sp³-hybridized carbons (Fsp3) is 0.219. The summed E-state index contributed by atoms with van der Waals surface area (Å²) in [6.45, 7) is 1.73. The van der Waals surface area contributed by atoms with Gasteiger partial charge in [0, 0.05) is 21.4 Å². The number of hydrogen-bond acceptors (Lipinski definition) is 5. The summed E-state index contributed by atoms with van der Waals surface area (Å²) in [6, 6.07) is 25.4. The number of benzene rings is 3. The summed E-state index contributed by atoms with van der Waals surface area (Å²) >= 11 is 7.78. The van der Waals surface area contributed by atoms with Crippen LogP contribution in [0.3, 0.4) is 0 Å². The first kappa shape index (κ1) is 28.4. The van der Waals surface area contributed by atoms with Crippen molar-refractivity contribution < 1.29 is 19.4 Å². The van der Waals surface area contributed by atoms with E-state index >= 15 is 0 Å². The molecule has 4 rings (SSSR count). The summed E-state index contributed by atoms with van der Waals surface area (Å²) in [7, 11) is 1.37. The molecule has 5 nitrogen and oxygen atoms in total. The molecule has 0 saturated carbocycles. The van der Waals surface area contributed by atoms with Crippen molar-refractivity contribution >= 4 is 58.4 Å². The first-order valence-corrected chi connectivity index (χ1v) is 14.1. The number of rotatable bonds is 11. The first-order valence-electron chi connectivity index (χ1n) is 12.7. The fourth-order valence-corrected chi connectivity index (χ4v) is 5.64. The molecule has 0 saturated heterocycles. The van der Waals surface area contributed by atoms with Gasteiger partial charge in [0.15, 0.2) is 0 Å². The lowest BCUT2D eigenvalue weighted by atomic mass is 10.0. The van der Waals surface area contributed by atoms with Crippen LogP contribution in [0.5, 0.6) is 0 Å². The van der Waals surface area contributed by atoms with Crippen molar-refractivity contribution in [2.24, 2.45) is 5.92 Å². The Hall–Kier alpha value is -3.61. The molecule has 4 aromatic rings. The van der Waals surface area contributed by atoms with Crippen LogP contribution in [0.1, 0.15) is 51.3 Å². The van der Waals surface area contributed by atoms with E-state index < -0.39 is 11.9 Å². The molecule has 0 bridgehead atoms. The molecule has 0 radical (unpaired) electrons.